The van der Waals surface area contributed by atoms with Gasteiger partial charge in [0.25, 0.3) is 0 Å². The fraction of sp³-hybridized carbons (Fsp3) is 0.500. The summed E-state index contributed by atoms with van der Waals surface area (Å²) in [6.45, 7) is 3.06. The highest BCUT2D eigenvalue weighted by Gasteiger charge is 2.75. The second kappa shape index (κ2) is 7.95. The van der Waals surface area contributed by atoms with Gasteiger partial charge >= 0.3 is 12.4 Å². The number of nitrogens with zero attached hydrogens (tertiary/aromatic N) is 4. The summed E-state index contributed by atoms with van der Waals surface area (Å²) in [5.41, 5.74) is -5.79. The molecule has 5 rings (SSSR count). The number of benzene rings is 1. The fourth-order valence-electron chi connectivity index (χ4n) is 6.08. The number of anilines is 1. The van der Waals surface area contributed by atoms with E-state index in [1.807, 2.05) is 0 Å². The third-order valence-electron chi connectivity index (χ3n) is 7.74. The summed E-state index contributed by atoms with van der Waals surface area (Å²) < 4.78 is 92.2. The highest BCUT2D eigenvalue weighted by atomic mass is 19.4. The van der Waals surface area contributed by atoms with Crippen LogP contribution in [0.5, 0.6) is 5.88 Å². The number of ether oxygens (including phenoxy) is 2. The van der Waals surface area contributed by atoms with E-state index >= 15 is 0 Å². The zero-order valence-electron chi connectivity index (χ0n) is 20.1. The largest absolute Gasteiger partial charge is 0.477 e. The van der Waals surface area contributed by atoms with Crippen LogP contribution in [-0.2, 0) is 33.7 Å². The number of fused-ring (bicyclic) bond motifs is 5. The van der Waals surface area contributed by atoms with E-state index in [4.69, 9.17) is 14.7 Å². The number of amides is 2. The Labute approximate surface area is 211 Å². The van der Waals surface area contributed by atoms with Crippen molar-refractivity contribution in [1.29, 1.82) is 5.26 Å². The smallest absolute Gasteiger partial charge is 0.435 e. The molecule has 8 nitrogen and oxygen atoms in total. The Hall–Kier alpha value is -3.60. The molecule has 0 N–H and O–H groups in total. The molecule has 4 heterocycles. The Bertz CT molecular complexity index is 1400. The lowest BCUT2D eigenvalue weighted by Gasteiger charge is -2.35. The summed E-state index contributed by atoms with van der Waals surface area (Å²) in [5.74, 6) is -4.18. The van der Waals surface area contributed by atoms with Crippen LogP contribution in [0, 0.1) is 29.1 Å². The SMILES string of the molecule is Cn1nc(C(F)(F)F)cc1OC[C@@H]1C[C@@]2(C)O[C@]1(C)[C@@H]1C(=O)N(c3ccc(C#N)c(C(F)(F)F)c3)C(=O)[C@@H]12. The van der Waals surface area contributed by atoms with E-state index in [1.165, 1.54) is 13.1 Å². The molecule has 0 spiro atoms. The minimum Gasteiger partial charge on any atom is -0.477 e. The molecule has 14 heteroatoms. The van der Waals surface area contributed by atoms with Gasteiger partial charge in [-0.1, -0.05) is 0 Å². The molecule has 202 valence electrons. The number of nitriles is 1. The number of rotatable bonds is 4. The average molecular weight is 542 g/mol. The molecule has 3 fully saturated rings. The number of carbonyl (C=O) groups excluding carboxylic acids is 2. The van der Waals surface area contributed by atoms with Crippen LogP contribution in [0.3, 0.4) is 0 Å². The zero-order chi connectivity index (χ0) is 28.0. The number of halogens is 6. The van der Waals surface area contributed by atoms with Crippen molar-refractivity contribution in [3.8, 4) is 11.9 Å². The maximum atomic E-state index is 13.5. The first-order valence-electron chi connectivity index (χ1n) is 11.4. The van der Waals surface area contributed by atoms with Crippen molar-refractivity contribution in [1.82, 2.24) is 9.78 Å². The molecule has 2 amide bonds. The van der Waals surface area contributed by atoms with Crippen LogP contribution in [0.1, 0.15) is 37.1 Å². The Morgan fingerprint density at radius 3 is 2.34 bits per heavy atom. The number of hydrogen-bond acceptors (Lipinski definition) is 6. The second-order valence-corrected chi connectivity index (χ2v) is 10.1. The van der Waals surface area contributed by atoms with Gasteiger partial charge in [0, 0.05) is 19.0 Å². The normalized spacial score (nSPS) is 30.6. The van der Waals surface area contributed by atoms with Crippen molar-refractivity contribution < 1.29 is 45.4 Å². The third-order valence-corrected chi connectivity index (χ3v) is 7.74. The van der Waals surface area contributed by atoms with Gasteiger partial charge in [-0.2, -0.15) is 36.7 Å². The Kier molecular flexibility index (Phi) is 5.45. The van der Waals surface area contributed by atoms with Crippen molar-refractivity contribution in [2.45, 2.75) is 43.8 Å². The molecule has 38 heavy (non-hydrogen) atoms. The van der Waals surface area contributed by atoms with Gasteiger partial charge in [0.2, 0.25) is 17.7 Å². The van der Waals surface area contributed by atoms with E-state index in [-0.39, 0.29) is 24.6 Å². The summed E-state index contributed by atoms with van der Waals surface area (Å²) in [6, 6.07) is 4.82. The first-order valence-corrected chi connectivity index (χ1v) is 11.4. The van der Waals surface area contributed by atoms with Crippen LogP contribution in [0.25, 0.3) is 0 Å². The average Bonchev–Trinajstić information content (AvgIpc) is 3.47. The quantitative estimate of drug-likeness (QED) is 0.427. The van der Waals surface area contributed by atoms with E-state index in [0.29, 0.717) is 11.0 Å². The van der Waals surface area contributed by atoms with Gasteiger partial charge in [0.15, 0.2) is 5.69 Å². The van der Waals surface area contributed by atoms with Gasteiger partial charge in [-0.15, -0.1) is 0 Å². The molecule has 2 aromatic rings. The first-order chi connectivity index (χ1) is 17.5. The van der Waals surface area contributed by atoms with Crippen LogP contribution in [-0.4, -0.2) is 39.4 Å². The zero-order valence-corrected chi connectivity index (χ0v) is 20.1. The van der Waals surface area contributed by atoms with E-state index in [2.05, 4.69) is 5.10 Å². The molecule has 0 radical (unpaired) electrons. The van der Waals surface area contributed by atoms with E-state index < -0.39 is 69.9 Å². The maximum absolute atomic E-state index is 13.5. The highest BCUT2D eigenvalue weighted by Crippen LogP contribution is 2.63. The molecule has 1 aromatic heterocycles. The number of hydrogen-bond donors (Lipinski definition) is 0. The van der Waals surface area contributed by atoms with Crippen LogP contribution in [0.2, 0.25) is 0 Å². The van der Waals surface area contributed by atoms with Gasteiger partial charge in [-0.05, 0) is 38.5 Å². The maximum Gasteiger partial charge on any atom is 0.435 e. The van der Waals surface area contributed by atoms with Crippen LogP contribution >= 0.6 is 0 Å². The van der Waals surface area contributed by atoms with Crippen LogP contribution in [0.4, 0.5) is 32.0 Å². The van der Waals surface area contributed by atoms with Gasteiger partial charge in [-0.25, -0.2) is 9.58 Å². The van der Waals surface area contributed by atoms with Gasteiger partial charge in [0.05, 0.1) is 52.5 Å². The lowest BCUT2D eigenvalue weighted by Crippen LogP contribution is -2.48. The Balaban J connectivity index is 1.43. The van der Waals surface area contributed by atoms with E-state index in [1.54, 1.807) is 13.8 Å². The molecular weight excluding hydrogens is 522 g/mol. The lowest BCUT2D eigenvalue weighted by atomic mass is 9.64. The van der Waals surface area contributed by atoms with Crippen molar-refractivity contribution in [3.05, 3.63) is 41.1 Å². The van der Waals surface area contributed by atoms with Crippen LogP contribution < -0.4 is 9.64 Å². The van der Waals surface area contributed by atoms with Gasteiger partial charge < -0.3 is 9.47 Å². The number of aromatic nitrogens is 2. The standard InChI is InChI=1S/C24H20F6N4O4/c1-21-8-12(10-37-16-7-15(24(28,29)30)32-33(16)3)22(2,38-21)18-17(21)19(35)34(20(18)36)13-5-4-11(9-31)14(6-13)23(25,26)27/h4-7,12,17-18H,8,10H2,1-3H3/t12-,17+,18-,21+,22-/m0/s1. The monoisotopic (exact) mass is 542 g/mol. The summed E-state index contributed by atoms with van der Waals surface area (Å²) in [6.07, 6.45) is -9.33. The van der Waals surface area contributed by atoms with Gasteiger partial charge in [0.1, 0.15) is 0 Å². The topological polar surface area (TPSA) is 97.4 Å². The first kappa shape index (κ1) is 26.0. The molecule has 3 aliphatic rings. The number of alkyl halides is 6. The molecule has 3 saturated heterocycles. The molecule has 5 atom stereocenters. The summed E-state index contributed by atoms with van der Waals surface area (Å²) in [7, 11) is 1.28. The van der Waals surface area contributed by atoms with Crippen molar-refractivity contribution >= 4 is 17.5 Å². The number of imide groups is 1. The predicted molar refractivity (Wildman–Crippen MR) is 115 cm³/mol. The number of carbonyl (C=O) groups is 2. The molecule has 0 saturated carbocycles. The fourth-order valence-corrected chi connectivity index (χ4v) is 6.08. The molecule has 1 aromatic carbocycles. The van der Waals surface area contributed by atoms with E-state index in [0.717, 1.165) is 22.9 Å². The molecule has 3 aliphatic heterocycles. The summed E-state index contributed by atoms with van der Waals surface area (Å²) in [5, 5.41) is 12.4. The highest BCUT2D eigenvalue weighted by molar-refractivity contribution is 6.23. The summed E-state index contributed by atoms with van der Waals surface area (Å²) in [4.78, 5) is 27.6. The van der Waals surface area contributed by atoms with Crippen molar-refractivity contribution in [2.24, 2.45) is 24.8 Å². The van der Waals surface area contributed by atoms with Crippen molar-refractivity contribution in [2.75, 3.05) is 11.5 Å². The van der Waals surface area contributed by atoms with E-state index in [9.17, 15) is 35.9 Å². The third kappa shape index (κ3) is 3.66. The second-order valence-electron chi connectivity index (χ2n) is 10.1. The van der Waals surface area contributed by atoms with Crippen LogP contribution in [0.15, 0.2) is 24.3 Å². The number of aryl methyl sites for hydroxylation is 1. The lowest BCUT2D eigenvalue weighted by molar-refractivity contribution is -0.141. The molecule has 0 aliphatic carbocycles. The minimum absolute atomic E-state index is 0.150. The molecular formula is C24H20F6N4O4. The molecule has 0 unspecified atom stereocenters. The van der Waals surface area contributed by atoms with Gasteiger partial charge in [-0.3, -0.25) is 9.59 Å². The summed E-state index contributed by atoms with van der Waals surface area (Å²) >= 11 is 0. The Morgan fingerprint density at radius 2 is 1.76 bits per heavy atom. The van der Waals surface area contributed by atoms with Crippen molar-refractivity contribution in [3.63, 3.8) is 0 Å². The predicted octanol–water partition coefficient (Wildman–Crippen LogP) is 4.08. The Morgan fingerprint density at radius 1 is 1.11 bits per heavy atom. The molecule has 2 bridgehead atoms. The minimum atomic E-state index is -4.89.